The molecule has 0 saturated heterocycles. The van der Waals surface area contributed by atoms with Gasteiger partial charge in [-0.3, -0.25) is 0 Å². The molecular formula is C13H9ClN4S. The van der Waals surface area contributed by atoms with Crippen LogP contribution in [0.1, 0.15) is 0 Å². The van der Waals surface area contributed by atoms with Crippen LogP contribution in [0, 0.1) is 0 Å². The topological polar surface area (TPSA) is 64.7 Å². The average Bonchev–Trinajstić information content (AvgIpc) is 2.41. The second kappa shape index (κ2) is 5.03. The van der Waals surface area contributed by atoms with E-state index in [1.165, 1.54) is 18.1 Å². The van der Waals surface area contributed by atoms with Crippen LogP contribution < -0.4 is 5.73 Å². The highest BCUT2D eigenvalue weighted by Gasteiger charge is 2.09. The van der Waals surface area contributed by atoms with Crippen molar-refractivity contribution in [2.75, 3.05) is 5.73 Å². The van der Waals surface area contributed by atoms with Gasteiger partial charge >= 0.3 is 0 Å². The van der Waals surface area contributed by atoms with Crippen molar-refractivity contribution >= 4 is 40.0 Å². The van der Waals surface area contributed by atoms with E-state index in [0.717, 1.165) is 21.0 Å². The largest absolute Gasteiger partial charge is 0.399 e. The molecule has 0 atom stereocenters. The molecule has 0 saturated carbocycles. The number of nitrogens with two attached hydrogens (primary N) is 1. The number of nitrogen functional groups attached to an aromatic ring is 1. The fourth-order valence-corrected chi connectivity index (χ4v) is 2.75. The Kier molecular flexibility index (Phi) is 3.23. The van der Waals surface area contributed by atoms with Crippen LogP contribution in [0.15, 0.2) is 52.9 Å². The fraction of sp³-hybridized carbons (Fsp3) is 0. The summed E-state index contributed by atoms with van der Waals surface area (Å²) in [6.07, 6.45) is 3.22. The van der Waals surface area contributed by atoms with E-state index in [0.29, 0.717) is 10.7 Å². The van der Waals surface area contributed by atoms with Crippen molar-refractivity contribution in [1.29, 1.82) is 0 Å². The first-order chi connectivity index (χ1) is 9.24. The summed E-state index contributed by atoms with van der Waals surface area (Å²) in [6.45, 7) is 0. The number of aromatic nitrogens is 3. The number of benzene rings is 1. The van der Waals surface area contributed by atoms with Gasteiger partial charge in [0, 0.05) is 17.3 Å². The molecule has 6 heteroatoms. The zero-order chi connectivity index (χ0) is 13.2. The molecule has 0 spiro atoms. The molecule has 0 aliphatic rings. The van der Waals surface area contributed by atoms with E-state index in [2.05, 4.69) is 15.0 Å². The van der Waals surface area contributed by atoms with Gasteiger partial charge < -0.3 is 5.73 Å². The van der Waals surface area contributed by atoms with Gasteiger partial charge in [0.1, 0.15) is 16.4 Å². The Labute approximate surface area is 119 Å². The van der Waals surface area contributed by atoms with Crippen LogP contribution in [0.2, 0.25) is 5.02 Å². The lowest BCUT2D eigenvalue weighted by molar-refractivity contribution is 1.08. The van der Waals surface area contributed by atoms with Crippen LogP contribution in [-0.4, -0.2) is 15.0 Å². The molecule has 0 fully saturated rings. The SMILES string of the molecule is Nc1ccc2c(Sc3ncccc3Cl)ncnc2c1. The number of fused-ring (bicyclic) bond motifs is 1. The zero-order valence-electron chi connectivity index (χ0n) is 9.75. The molecule has 0 radical (unpaired) electrons. The predicted molar refractivity (Wildman–Crippen MR) is 77.3 cm³/mol. The number of hydrogen-bond donors (Lipinski definition) is 1. The maximum absolute atomic E-state index is 6.10. The minimum atomic E-state index is 0.606. The fourth-order valence-electron chi connectivity index (χ4n) is 1.67. The Morgan fingerprint density at radius 1 is 1.05 bits per heavy atom. The van der Waals surface area contributed by atoms with Crippen molar-refractivity contribution in [1.82, 2.24) is 15.0 Å². The standard InChI is InChI=1S/C13H9ClN4S/c14-10-2-1-5-16-13(10)19-12-9-4-3-8(15)6-11(9)17-7-18-12/h1-7H,15H2. The van der Waals surface area contributed by atoms with E-state index < -0.39 is 0 Å². The van der Waals surface area contributed by atoms with Crippen LogP contribution in [-0.2, 0) is 0 Å². The maximum atomic E-state index is 6.10. The first-order valence-corrected chi connectivity index (χ1v) is 6.72. The lowest BCUT2D eigenvalue weighted by atomic mass is 10.2. The van der Waals surface area contributed by atoms with Gasteiger partial charge in [0.2, 0.25) is 0 Å². The van der Waals surface area contributed by atoms with Gasteiger partial charge in [-0.15, -0.1) is 0 Å². The van der Waals surface area contributed by atoms with E-state index >= 15 is 0 Å². The normalized spacial score (nSPS) is 10.8. The number of anilines is 1. The third-order valence-electron chi connectivity index (χ3n) is 2.54. The molecule has 3 rings (SSSR count). The second-order valence-electron chi connectivity index (χ2n) is 3.85. The monoisotopic (exact) mass is 288 g/mol. The molecule has 19 heavy (non-hydrogen) atoms. The molecule has 0 aliphatic carbocycles. The molecule has 0 amide bonds. The van der Waals surface area contributed by atoms with Crippen LogP contribution in [0.5, 0.6) is 0 Å². The van der Waals surface area contributed by atoms with Crippen molar-refractivity contribution < 1.29 is 0 Å². The first kappa shape index (κ1) is 12.2. The second-order valence-corrected chi connectivity index (χ2v) is 5.23. The minimum Gasteiger partial charge on any atom is -0.399 e. The Morgan fingerprint density at radius 3 is 2.79 bits per heavy atom. The highest BCUT2D eigenvalue weighted by Crippen LogP contribution is 2.33. The van der Waals surface area contributed by atoms with E-state index in [-0.39, 0.29) is 0 Å². The zero-order valence-corrected chi connectivity index (χ0v) is 11.3. The molecular weight excluding hydrogens is 280 g/mol. The van der Waals surface area contributed by atoms with E-state index in [1.54, 1.807) is 18.3 Å². The Morgan fingerprint density at radius 2 is 1.95 bits per heavy atom. The van der Waals surface area contributed by atoms with Crippen molar-refractivity contribution in [3.63, 3.8) is 0 Å². The van der Waals surface area contributed by atoms with Gasteiger partial charge in [0.15, 0.2) is 0 Å². The molecule has 2 N–H and O–H groups in total. The highest BCUT2D eigenvalue weighted by molar-refractivity contribution is 7.99. The van der Waals surface area contributed by atoms with Crippen molar-refractivity contribution in [2.24, 2.45) is 0 Å². The van der Waals surface area contributed by atoms with E-state index in [4.69, 9.17) is 17.3 Å². The van der Waals surface area contributed by atoms with Crippen molar-refractivity contribution in [3.05, 3.63) is 47.9 Å². The number of rotatable bonds is 2. The van der Waals surface area contributed by atoms with Crippen molar-refractivity contribution in [3.8, 4) is 0 Å². The molecule has 3 aromatic rings. The molecule has 2 heterocycles. The number of hydrogen-bond acceptors (Lipinski definition) is 5. The van der Waals surface area contributed by atoms with E-state index in [1.807, 2.05) is 18.2 Å². The van der Waals surface area contributed by atoms with Gasteiger partial charge in [-0.05, 0) is 42.1 Å². The molecule has 0 aliphatic heterocycles. The minimum absolute atomic E-state index is 0.606. The maximum Gasteiger partial charge on any atom is 0.121 e. The highest BCUT2D eigenvalue weighted by atomic mass is 35.5. The summed E-state index contributed by atoms with van der Waals surface area (Å²) >= 11 is 7.52. The Balaban J connectivity index is 2.09. The Hall–Kier alpha value is -1.85. The molecule has 94 valence electrons. The summed E-state index contributed by atoms with van der Waals surface area (Å²) in [4.78, 5) is 12.7. The predicted octanol–water partition coefficient (Wildman–Crippen LogP) is 3.41. The first-order valence-electron chi connectivity index (χ1n) is 5.52. The quantitative estimate of drug-likeness (QED) is 0.578. The van der Waals surface area contributed by atoms with Gasteiger partial charge in [0.05, 0.1) is 10.5 Å². The lowest BCUT2D eigenvalue weighted by Crippen LogP contribution is -1.90. The summed E-state index contributed by atoms with van der Waals surface area (Å²) in [5, 5.41) is 3.07. The van der Waals surface area contributed by atoms with Crippen LogP contribution in [0.25, 0.3) is 10.9 Å². The molecule has 0 unspecified atom stereocenters. The summed E-state index contributed by atoms with van der Waals surface area (Å²) in [5.74, 6) is 0. The van der Waals surface area contributed by atoms with E-state index in [9.17, 15) is 0 Å². The van der Waals surface area contributed by atoms with Crippen LogP contribution >= 0.6 is 23.4 Å². The lowest BCUT2D eigenvalue weighted by Gasteiger charge is -2.05. The number of halogens is 1. The third kappa shape index (κ3) is 2.47. The molecule has 1 aromatic carbocycles. The average molecular weight is 289 g/mol. The summed E-state index contributed by atoms with van der Waals surface area (Å²) in [7, 11) is 0. The smallest absolute Gasteiger partial charge is 0.121 e. The van der Waals surface area contributed by atoms with Gasteiger partial charge in [-0.25, -0.2) is 15.0 Å². The molecule has 4 nitrogen and oxygen atoms in total. The summed E-state index contributed by atoms with van der Waals surface area (Å²) in [5.41, 5.74) is 7.24. The number of pyridine rings is 1. The van der Waals surface area contributed by atoms with Gasteiger partial charge in [-0.2, -0.15) is 0 Å². The van der Waals surface area contributed by atoms with Crippen LogP contribution in [0.3, 0.4) is 0 Å². The molecule has 2 aromatic heterocycles. The van der Waals surface area contributed by atoms with Gasteiger partial charge in [-0.1, -0.05) is 11.6 Å². The Bertz CT molecular complexity index is 748. The third-order valence-corrected chi connectivity index (χ3v) is 4.00. The number of nitrogens with zero attached hydrogens (tertiary/aromatic N) is 3. The molecule has 0 bridgehead atoms. The van der Waals surface area contributed by atoms with Gasteiger partial charge in [0.25, 0.3) is 0 Å². The summed E-state index contributed by atoms with van der Waals surface area (Å²) in [6, 6.07) is 9.16. The summed E-state index contributed by atoms with van der Waals surface area (Å²) < 4.78 is 0. The van der Waals surface area contributed by atoms with Crippen molar-refractivity contribution in [2.45, 2.75) is 10.1 Å². The van der Waals surface area contributed by atoms with Crippen LogP contribution in [0.4, 0.5) is 5.69 Å².